The van der Waals surface area contributed by atoms with Gasteiger partial charge in [-0.15, -0.1) is 0 Å². The number of aromatic nitrogens is 2. The molecular formula is C14H16BrN3O. The molecule has 1 aliphatic rings. The van der Waals surface area contributed by atoms with E-state index >= 15 is 0 Å². The summed E-state index contributed by atoms with van der Waals surface area (Å²) in [5.41, 5.74) is 2.58. The molecule has 100 valence electrons. The number of hydrogen-bond donors (Lipinski definition) is 0. The number of rotatable bonds is 3. The van der Waals surface area contributed by atoms with Gasteiger partial charge in [-0.1, -0.05) is 18.2 Å². The SMILES string of the molecule is Brc1cnn(Cc2ccccc2N2CCOCC2)c1. The van der Waals surface area contributed by atoms with Gasteiger partial charge >= 0.3 is 0 Å². The zero-order chi connectivity index (χ0) is 13.1. The molecular weight excluding hydrogens is 306 g/mol. The van der Waals surface area contributed by atoms with Crippen molar-refractivity contribution in [2.45, 2.75) is 6.54 Å². The number of halogens is 1. The molecule has 0 bridgehead atoms. The molecule has 2 heterocycles. The van der Waals surface area contributed by atoms with Gasteiger partial charge in [0.15, 0.2) is 0 Å². The van der Waals surface area contributed by atoms with Crippen LogP contribution in [0.2, 0.25) is 0 Å². The summed E-state index contributed by atoms with van der Waals surface area (Å²) in [7, 11) is 0. The predicted octanol–water partition coefficient (Wildman–Crippen LogP) is 2.53. The Bertz CT molecular complexity index is 549. The second kappa shape index (κ2) is 5.75. The van der Waals surface area contributed by atoms with E-state index in [1.165, 1.54) is 11.3 Å². The van der Waals surface area contributed by atoms with Gasteiger partial charge in [-0.3, -0.25) is 4.68 Å². The van der Waals surface area contributed by atoms with E-state index < -0.39 is 0 Å². The lowest BCUT2D eigenvalue weighted by molar-refractivity contribution is 0.122. The van der Waals surface area contributed by atoms with Gasteiger partial charge in [0.25, 0.3) is 0 Å². The van der Waals surface area contributed by atoms with Gasteiger partial charge in [0.2, 0.25) is 0 Å². The molecule has 0 atom stereocenters. The summed E-state index contributed by atoms with van der Waals surface area (Å²) < 4.78 is 8.38. The van der Waals surface area contributed by atoms with Crippen LogP contribution in [0.3, 0.4) is 0 Å². The molecule has 1 aliphatic heterocycles. The van der Waals surface area contributed by atoms with E-state index in [1.54, 1.807) is 0 Å². The third kappa shape index (κ3) is 2.98. The molecule has 5 heteroatoms. The molecule has 1 aromatic carbocycles. The van der Waals surface area contributed by atoms with Crippen LogP contribution in [-0.2, 0) is 11.3 Å². The number of anilines is 1. The lowest BCUT2D eigenvalue weighted by Gasteiger charge is -2.30. The standard InChI is InChI=1S/C14H16BrN3O/c15-13-9-16-18(11-13)10-12-3-1-2-4-14(12)17-5-7-19-8-6-17/h1-4,9,11H,5-8,10H2. The van der Waals surface area contributed by atoms with Crippen LogP contribution in [0.4, 0.5) is 5.69 Å². The lowest BCUT2D eigenvalue weighted by Crippen LogP contribution is -2.36. The van der Waals surface area contributed by atoms with Crippen LogP contribution in [0.5, 0.6) is 0 Å². The second-order valence-electron chi connectivity index (χ2n) is 4.58. The average molecular weight is 322 g/mol. The maximum absolute atomic E-state index is 5.42. The Labute approximate surface area is 121 Å². The maximum Gasteiger partial charge on any atom is 0.0680 e. The van der Waals surface area contributed by atoms with E-state index in [2.05, 4.69) is 50.2 Å². The second-order valence-corrected chi connectivity index (χ2v) is 5.50. The highest BCUT2D eigenvalue weighted by molar-refractivity contribution is 9.10. The minimum Gasteiger partial charge on any atom is -0.378 e. The number of para-hydroxylation sites is 1. The Kier molecular flexibility index (Phi) is 3.84. The first-order valence-corrected chi connectivity index (χ1v) is 7.21. The van der Waals surface area contributed by atoms with Gasteiger partial charge in [-0.05, 0) is 27.6 Å². The highest BCUT2D eigenvalue weighted by Crippen LogP contribution is 2.22. The average Bonchev–Trinajstić information content (AvgIpc) is 2.86. The van der Waals surface area contributed by atoms with Crippen molar-refractivity contribution in [2.24, 2.45) is 0 Å². The van der Waals surface area contributed by atoms with Gasteiger partial charge in [-0.25, -0.2) is 0 Å². The minimum absolute atomic E-state index is 0.791. The molecule has 0 radical (unpaired) electrons. The van der Waals surface area contributed by atoms with Gasteiger partial charge in [-0.2, -0.15) is 5.10 Å². The Morgan fingerprint density at radius 2 is 2.00 bits per heavy atom. The van der Waals surface area contributed by atoms with Crippen molar-refractivity contribution in [1.82, 2.24) is 9.78 Å². The molecule has 0 aliphatic carbocycles. The smallest absolute Gasteiger partial charge is 0.0680 e. The molecule has 0 amide bonds. The molecule has 0 spiro atoms. The summed E-state index contributed by atoms with van der Waals surface area (Å²) in [4.78, 5) is 2.39. The summed E-state index contributed by atoms with van der Waals surface area (Å²) in [6.07, 6.45) is 3.81. The zero-order valence-corrected chi connectivity index (χ0v) is 12.2. The van der Waals surface area contributed by atoms with E-state index in [9.17, 15) is 0 Å². The molecule has 1 aromatic heterocycles. The summed E-state index contributed by atoms with van der Waals surface area (Å²) in [6, 6.07) is 8.52. The quantitative estimate of drug-likeness (QED) is 0.870. The largest absolute Gasteiger partial charge is 0.378 e. The summed E-state index contributed by atoms with van der Waals surface area (Å²) >= 11 is 3.43. The van der Waals surface area contributed by atoms with Crippen molar-refractivity contribution in [3.8, 4) is 0 Å². The van der Waals surface area contributed by atoms with Gasteiger partial charge < -0.3 is 9.64 Å². The van der Waals surface area contributed by atoms with Crippen LogP contribution >= 0.6 is 15.9 Å². The van der Waals surface area contributed by atoms with Crippen LogP contribution in [0.1, 0.15) is 5.56 Å². The predicted molar refractivity (Wildman–Crippen MR) is 78.5 cm³/mol. The van der Waals surface area contributed by atoms with Crippen LogP contribution in [0, 0.1) is 0 Å². The number of hydrogen-bond acceptors (Lipinski definition) is 3. The molecule has 1 saturated heterocycles. The van der Waals surface area contributed by atoms with E-state index in [4.69, 9.17) is 4.74 Å². The Morgan fingerprint density at radius 1 is 1.21 bits per heavy atom. The van der Waals surface area contributed by atoms with Crippen molar-refractivity contribution >= 4 is 21.6 Å². The molecule has 4 nitrogen and oxygen atoms in total. The fraction of sp³-hybridized carbons (Fsp3) is 0.357. The Hall–Kier alpha value is -1.33. The van der Waals surface area contributed by atoms with Crippen LogP contribution in [0.25, 0.3) is 0 Å². The fourth-order valence-electron chi connectivity index (χ4n) is 2.36. The number of benzene rings is 1. The molecule has 19 heavy (non-hydrogen) atoms. The van der Waals surface area contributed by atoms with Gasteiger partial charge in [0, 0.05) is 25.0 Å². The van der Waals surface area contributed by atoms with Crippen LogP contribution in [0.15, 0.2) is 41.1 Å². The highest BCUT2D eigenvalue weighted by Gasteiger charge is 2.14. The number of nitrogens with zero attached hydrogens (tertiary/aromatic N) is 3. The first-order valence-electron chi connectivity index (χ1n) is 6.41. The molecule has 0 saturated carbocycles. The summed E-state index contributed by atoms with van der Waals surface area (Å²) in [5.74, 6) is 0. The molecule has 0 unspecified atom stereocenters. The van der Waals surface area contributed by atoms with Crippen molar-refractivity contribution in [2.75, 3.05) is 31.2 Å². The Balaban J connectivity index is 1.84. The molecule has 2 aromatic rings. The van der Waals surface area contributed by atoms with Crippen molar-refractivity contribution in [3.63, 3.8) is 0 Å². The Morgan fingerprint density at radius 3 is 2.74 bits per heavy atom. The topological polar surface area (TPSA) is 30.3 Å². The van der Waals surface area contributed by atoms with E-state index in [1.807, 2.05) is 17.1 Å². The van der Waals surface area contributed by atoms with E-state index in [-0.39, 0.29) is 0 Å². The molecule has 0 N–H and O–H groups in total. The minimum atomic E-state index is 0.791. The molecule has 3 rings (SSSR count). The normalized spacial score (nSPS) is 15.7. The lowest BCUT2D eigenvalue weighted by atomic mass is 10.1. The first-order chi connectivity index (χ1) is 9.33. The molecule has 1 fully saturated rings. The van der Waals surface area contributed by atoms with Crippen LogP contribution < -0.4 is 4.90 Å². The third-order valence-electron chi connectivity index (χ3n) is 3.28. The monoisotopic (exact) mass is 321 g/mol. The fourth-order valence-corrected chi connectivity index (χ4v) is 2.68. The number of morpholine rings is 1. The van der Waals surface area contributed by atoms with E-state index in [0.717, 1.165) is 37.3 Å². The maximum atomic E-state index is 5.42. The zero-order valence-electron chi connectivity index (χ0n) is 10.6. The third-order valence-corrected chi connectivity index (χ3v) is 3.69. The van der Waals surface area contributed by atoms with E-state index in [0.29, 0.717) is 0 Å². The number of ether oxygens (including phenoxy) is 1. The highest BCUT2D eigenvalue weighted by atomic mass is 79.9. The summed E-state index contributed by atoms with van der Waals surface area (Å²) in [6.45, 7) is 4.32. The summed E-state index contributed by atoms with van der Waals surface area (Å²) in [5, 5.41) is 4.32. The van der Waals surface area contributed by atoms with Gasteiger partial charge in [0.05, 0.1) is 30.4 Å². The van der Waals surface area contributed by atoms with Crippen molar-refractivity contribution in [3.05, 3.63) is 46.7 Å². The van der Waals surface area contributed by atoms with Crippen LogP contribution in [-0.4, -0.2) is 36.1 Å². The van der Waals surface area contributed by atoms with Gasteiger partial charge in [0.1, 0.15) is 0 Å². The van der Waals surface area contributed by atoms with Crippen molar-refractivity contribution < 1.29 is 4.74 Å². The van der Waals surface area contributed by atoms with Crippen molar-refractivity contribution in [1.29, 1.82) is 0 Å². The first kappa shape index (κ1) is 12.7.